The molecule has 22 atom stereocenters. The lowest BCUT2D eigenvalue weighted by molar-refractivity contribution is -0.337. The van der Waals surface area contributed by atoms with Crippen LogP contribution in [0.2, 0.25) is 0 Å². The van der Waals surface area contributed by atoms with E-state index in [2.05, 4.69) is 50.4 Å². The molecule has 4 saturated heterocycles. The molecule has 8 rings (SSSR count). The Morgan fingerprint density at radius 2 is 1.44 bits per heavy atom. The number of hydroxylamine groups is 1. The Labute approximate surface area is 816 Å². The Morgan fingerprint density at radius 1 is 0.750 bits per heavy atom. The second-order valence-corrected chi connectivity index (χ2v) is 38.4. The highest BCUT2D eigenvalue weighted by Crippen LogP contribution is 2.50. The topological polar surface area (TPSA) is 533 Å². The Morgan fingerprint density at radius 3 is 2.10 bits per heavy atom. The number of carboxylic acids is 1. The monoisotopic (exact) mass is 2080 g/mol. The van der Waals surface area contributed by atoms with Crippen LogP contribution in [-0.2, 0) is 107 Å². The third-order valence-corrected chi connectivity index (χ3v) is 28.5. The first-order valence-corrected chi connectivity index (χ1v) is 49.2. The average molecular weight is 2090 g/mol. The van der Waals surface area contributed by atoms with Gasteiger partial charge in [0, 0.05) is 106 Å². The Balaban J connectivity index is 0.977. The van der Waals surface area contributed by atoms with E-state index in [1.54, 1.807) is 85.7 Å². The highest BCUT2D eigenvalue weighted by molar-refractivity contribution is 14.1. The van der Waals surface area contributed by atoms with Crippen molar-refractivity contribution in [2.45, 2.75) is 266 Å². The van der Waals surface area contributed by atoms with Crippen LogP contribution in [-0.4, -0.2) is 333 Å². The molecule has 4 aliphatic heterocycles. The van der Waals surface area contributed by atoms with E-state index in [0.717, 1.165) is 18.9 Å². The number of carbonyl (C=O) groups excluding carboxylic acids is 9. The number of alkyl carbamates (subject to hydrolysis) is 2. The van der Waals surface area contributed by atoms with Crippen LogP contribution in [0.1, 0.15) is 148 Å². The molecule has 136 heavy (non-hydrogen) atoms. The number of aliphatic hydroxyl groups excluding tert-OH is 5. The van der Waals surface area contributed by atoms with Crippen LogP contribution < -0.4 is 41.0 Å². The molecule has 18 unspecified atom stereocenters. The Hall–Kier alpha value is -7.70. The van der Waals surface area contributed by atoms with Crippen molar-refractivity contribution in [3.63, 3.8) is 0 Å². The molecule has 0 saturated carbocycles. The number of ketones is 3. The zero-order chi connectivity index (χ0) is 99.6. The molecule has 2 bridgehead atoms. The number of amides is 5. The summed E-state index contributed by atoms with van der Waals surface area (Å²) in [6, 6.07) is 3.33. The molecule has 40 nitrogen and oxygen atoms in total. The first-order chi connectivity index (χ1) is 64.9. The lowest BCUT2D eigenvalue weighted by Crippen LogP contribution is -2.65. The van der Waals surface area contributed by atoms with Gasteiger partial charge in [0.2, 0.25) is 34.9 Å². The number of anilines is 1. The molecule has 2 aliphatic carbocycles. The van der Waals surface area contributed by atoms with Gasteiger partial charge in [-0.2, -0.15) is 5.48 Å². The fourth-order valence-electron chi connectivity index (χ4n) is 15.7. The SMILES string of the molecule is CCN(C(=O)CNC(=O)OCc1ccc(NC(=O)[C@H](C)CC(=O)[C@@H](NC(=O)CCCC(=O)O)C(C)C)cc1)C1COC(OC2C(O[C@H]3C#C/C=C\C#C[C@]4(O)CC(=O)C(NC(=O)OC)=C3/C4=C\CSSC(C)CCC(=O)CCCOCCOCCOCCO)OC(C)C(NOC3CC(O)C(SC(=O)c4c(C)c(I)c(OC5OC(C)C(O)C(OC)C5O)c(OC)c4OC)C(C)O3)C2O)CC1OC. The van der Waals surface area contributed by atoms with Gasteiger partial charge in [0.05, 0.1) is 143 Å². The molecule has 0 radical (unpaired) electrons. The van der Waals surface area contributed by atoms with Crippen molar-refractivity contribution in [3.8, 4) is 40.9 Å². The number of carbonyl (C=O) groups is 10. The van der Waals surface area contributed by atoms with Crippen LogP contribution >= 0.6 is 55.9 Å². The van der Waals surface area contributed by atoms with E-state index in [4.69, 9.17) is 90.8 Å². The van der Waals surface area contributed by atoms with Crippen molar-refractivity contribution in [2.24, 2.45) is 11.8 Å². The molecular weight excluding hydrogens is 1960 g/mol. The molecule has 756 valence electrons. The van der Waals surface area contributed by atoms with Gasteiger partial charge in [-0.15, -0.1) is 0 Å². The summed E-state index contributed by atoms with van der Waals surface area (Å²) in [4.78, 5) is 141. The van der Waals surface area contributed by atoms with Gasteiger partial charge < -0.3 is 132 Å². The smallest absolute Gasteiger partial charge is 0.411 e. The first kappa shape index (κ1) is 114. The lowest BCUT2D eigenvalue weighted by Gasteiger charge is -2.47. The maximum Gasteiger partial charge on any atom is 0.411 e. The first-order valence-electron chi connectivity index (χ1n) is 44.9. The quantitative estimate of drug-likeness (QED) is 0.0126. The van der Waals surface area contributed by atoms with Crippen LogP contribution in [0.4, 0.5) is 15.3 Å². The van der Waals surface area contributed by atoms with Crippen LogP contribution in [0.15, 0.2) is 59.3 Å². The van der Waals surface area contributed by atoms with Gasteiger partial charge in [-0.3, -0.25) is 48.5 Å². The summed E-state index contributed by atoms with van der Waals surface area (Å²) in [6.07, 6.45) is -16.9. The number of carboxylic acid groups (broad SMARTS) is 1. The summed E-state index contributed by atoms with van der Waals surface area (Å²) >= 11 is 2.74. The number of hydrogen-bond acceptors (Lipinski definition) is 37. The van der Waals surface area contributed by atoms with Crippen molar-refractivity contribution in [2.75, 3.05) is 113 Å². The number of fused-ring (bicyclic) bond motifs is 2. The number of ether oxygens (including phenoxy) is 16. The number of nitrogens with one attached hydrogen (secondary N) is 5. The van der Waals surface area contributed by atoms with Gasteiger partial charge in [-0.25, -0.2) is 9.59 Å². The number of methoxy groups -OCH3 is 5. The van der Waals surface area contributed by atoms with Crippen LogP contribution in [0, 0.1) is 46.0 Å². The lowest BCUT2D eigenvalue weighted by atomic mass is 9.75. The van der Waals surface area contributed by atoms with E-state index in [9.17, 15) is 73.5 Å². The summed E-state index contributed by atoms with van der Waals surface area (Å²) in [7, 11) is 9.32. The highest BCUT2D eigenvalue weighted by atomic mass is 127. The van der Waals surface area contributed by atoms with Gasteiger partial charge in [-0.05, 0) is 118 Å². The summed E-state index contributed by atoms with van der Waals surface area (Å²) in [5.74, 6) is 6.88. The number of benzene rings is 2. The number of nitrogens with zero attached hydrogens (tertiary/aromatic N) is 1. The summed E-state index contributed by atoms with van der Waals surface area (Å²) in [5.41, 5.74) is 1.42. The van der Waals surface area contributed by atoms with E-state index in [1.807, 2.05) is 29.5 Å². The molecule has 0 aromatic heterocycles. The third kappa shape index (κ3) is 32.7. The standard InChI is InChI=1S/C92H129IN6O34S3/c1-15-99(67(106)46-94-90(114)126-47-56-27-29-57(30-28-56)95-86(112)50(4)42-61(102)74(49(2)3)96-66(105)24-20-25-68(107)108)60-48-125-69(44-65(60)117-10)131-83-78(110)75(98-133-70-43-62(103)85(55(9)127-70)135-87(113)71-52(6)73(93)81(84(120-13)80(71)118-11)132-88-79(111)82(119-12)77(109)54(8)129-88)53(7)128-89(83)130-64-23-18-16-17-19-33-92(116)45-63(104)76(97-91(115)121-14)72(64)59(92)32-41-134-136-51(5)26-31-58(101)22-21-35-122-37-39-124-40-38-123-36-34-100/h16-17,27-30,32,49-51,53-55,60,62,64-65,69-70,74-75,77-79,82-83,85,88-89,98,100,103,109-111,116H,15,20-22,24-26,31,34-48H2,1-14H3,(H,94,114)(H,95,112)(H,96,105)(H,97,115)(H,107,108)/b17-16-,59-32+/t50-,51?,53?,54?,55?,60?,62?,64+,65?,69?,70?,74+,75?,77?,78?,79?,82?,83?,85?,88?,89?,92+/m1/s1. The van der Waals surface area contributed by atoms with E-state index in [0.29, 0.717) is 79.1 Å². The molecule has 0 spiro atoms. The van der Waals surface area contributed by atoms with Crippen LogP contribution in [0.3, 0.4) is 0 Å². The van der Waals surface area contributed by atoms with Crippen molar-refractivity contribution in [1.82, 2.24) is 26.3 Å². The number of Topliss-reactive ketones (excluding diaryl/α,β-unsaturated/α-hetero) is 3. The zero-order valence-electron chi connectivity index (χ0n) is 78.7. The maximum absolute atomic E-state index is 14.7. The van der Waals surface area contributed by atoms with E-state index >= 15 is 0 Å². The molecule has 44 heteroatoms. The summed E-state index contributed by atoms with van der Waals surface area (Å²) in [5, 5.41) is 86.4. The number of likely N-dealkylation sites (N-methyl/N-ethyl adjacent to an activating group) is 1. The van der Waals surface area contributed by atoms with Gasteiger partial charge in [-0.1, -0.05) is 103 Å². The number of rotatable bonds is 52. The fourth-order valence-corrected chi connectivity index (χ4v) is 19.7. The van der Waals surface area contributed by atoms with Crippen molar-refractivity contribution in [1.29, 1.82) is 0 Å². The second kappa shape index (κ2) is 56.7. The predicted molar refractivity (Wildman–Crippen MR) is 503 cm³/mol. The number of allylic oxidation sites excluding steroid dienone is 3. The number of aliphatic carboxylic acids is 1. The van der Waals surface area contributed by atoms with Crippen molar-refractivity contribution < 1.29 is 164 Å². The normalized spacial score (nSPS) is 27.2. The number of halogens is 1. The van der Waals surface area contributed by atoms with E-state index < -0.39 is 187 Å². The van der Waals surface area contributed by atoms with Gasteiger partial charge >= 0.3 is 18.2 Å². The predicted octanol–water partition coefficient (Wildman–Crippen LogP) is 5.57. The molecular formula is C92H129IN6O34S3. The molecule has 12 N–H and O–H groups in total. The Bertz CT molecular complexity index is 4580. The molecule has 5 amide bonds. The van der Waals surface area contributed by atoms with Gasteiger partial charge in [0.25, 0.3) is 0 Å². The van der Waals surface area contributed by atoms with Gasteiger partial charge in [0.15, 0.2) is 47.5 Å². The minimum Gasteiger partial charge on any atom is -0.492 e. The van der Waals surface area contributed by atoms with E-state index in [-0.39, 0.29) is 140 Å². The van der Waals surface area contributed by atoms with Crippen LogP contribution in [0.5, 0.6) is 17.2 Å². The van der Waals surface area contributed by atoms with Crippen LogP contribution in [0.25, 0.3) is 0 Å². The minimum absolute atomic E-state index is 0.00863. The third-order valence-electron chi connectivity index (χ3n) is 23.1. The van der Waals surface area contributed by atoms with Crippen molar-refractivity contribution >= 4 is 120 Å². The molecule has 2 aromatic rings. The highest BCUT2D eigenvalue weighted by Gasteiger charge is 2.53. The maximum atomic E-state index is 14.7. The molecule has 4 heterocycles. The average Bonchev–Trinajstić information content (AvgIpc) is 0.778. The zero-order valence-corrected chi connectivity index (χ0v) is 83.3. The van der Waals surface area contributed by atoms with Gasteiger partial charge in [0.1, 0.15) is 55.6 Å². The van der Waals surface area contributed by atoms with E-state index in [1.165, 1.54) is 67.1 Å². The largest absolute Gasteiger partial charge is 0.492 e. The minimum atomic E-state index is -2.25. The molecule has 2 aromatic carbocycles. The number of aliphatic hydroxyl groups is 6. The molecule has 4 fully saturated rings. The Kier molecular flexibility index (Phi) is 47.3. The summed E-state index contributed by atoms with van der Waals surface area (Å²) < 4.78 is 95.5. The fraction of sp³-hybridized carbons (Fsp3) is 0.652. The van der Waals surface area contributed by atoms with Crippen molar-refractivity contribution in [3.05, 3.63) is 79.6 Å². The molecule has 6 aliphatic rings. The second-order valence-electron chi connectivity index (χ2n) is 33.3. The summed E-state index contributed by atoms with van der Waals surface area (Å²) in [6.45, 7) is 16.1. The number of hydrogen-bond donors (Lipinski definition) is 12. The number of thioether (sulfide) groups is 1.